The molecule has 0 aromatic heterocycles. The van der Waals surface area contributed by atoms with Crippen molar-refractivity contribution in [3.63, 3.8) is 0 Å². The molecule has 27 heavy (non-hydrogen) atoms. The van der Waals surface area contributed by atoms with Crippen LogP contribution in [0.5, 0.6) is 5.75 Å². The lowest BCUT2D eigenvalue weighted by atomic mass is 9.99. The fourth-order valence-corrected chi connectivity index (χ4v) is 3.50. The van der Waals surface area contributed by atoms with Gasteiger partial charge in [0, 0.05) is 12.1 Å². The maximum absolute atomic E-state index is 14.2. The Balaban J connectivity index is 1.52. The normalized spacial score (nSPS) is 18.0. The van der Waals surface area contributed by atoms with E-state index < -0.39 is 29.4 Å². The van der Waals surface area contributed by atoms with Crippen molar-refractivity contribution in [1.82, 2.24) is 5.32 Å². The Kier molecular flexibility index (Phi) is 4.25. The highest BCUT2D eigenvalue weighted by Crippen LogP contribution is 2.36. The third kappa shape index (κ3) is 3.11. The van der Waals surface area contributed by atoms with Crippen LogP contribution >= 0.6 is 0 Å². The molecule has 1 atom stereocenters. The Morgan fingerprint density at radius 3 is 2.78 bits per heavy atom. The van der Waals surface area contributed by atoms with E-state index in [1.165, 1.54) is 23.1 Å². The van der Waals surface area contributed by atoms with Gasteiger partial charge in [-0.25, -0.2) is 13.2 Å². The summed E-state index contributed by atoms with van der Waals surface area (Å²) >= 11 is 0. The first-order chi connectivity index (χ1) is 12.9. The Morgan fingerprint density at radius 1 is 1.19 bits per heavy atom. The molecule has 2 aliphatic heterocycles. The lowest BCUT2D eigenvalue weighted by molar-refractivity contribution is -0.123. The molecule has 2 amide bonds. The van der Waals surface area contributed by atoms with Crippen LogP contribution in [0.1, 0.15) is 23.6 Å². The van der Waals surface area contributed by atoms with Gasteiger partial charge in [-0.1, -0.05) is 0 Å². The number of nitrogens with one attached hydrogen (secondary N) is 1. The molecular formula is C19H15F3N2O3. The van der Waals surface area contributed by atoms with Gasteiger partial charge >= 0.3 is 0 Å². The number of hydrogen-bond acceptors (Lipinski definition) is 3. The van der Waals surface area contributed by atoms with Gasteiger partial charge in [0.1, 0.15) is 18.2 Å². The fraction of sp³-hybridized carbons (Fsp3) is 0.263. The molecule has 0 aliphatic carbocycles. The van der Waals surface area contributed by atoms with E-state index in [1.807, 2.05) is 0 Å². The van der Waals surface area contributed by atoms with Crippen molar-refractivity contribution >= 4 is 17.5 Å². The topological polar surface area (TPSA) is 58.6 Å². The molecule has 0 saturated carbocycles. The van der Waals surface area contributed by atoms with Crippen LogP contribution in [-0.4, -0.2) is 25.0 Å². The van der Waals surface area contributed by atoms with Gasteiger partial charge in [-0.15, -0.1) is 0 Å². The molecule has 1 N–H and O–H groups in total. The maximum atomic E-state index is 14.2. The Morgan fingerprint density at radius 2 is 1.96 bits per heavy atom. The monoisotopic (exact) mass is 376 g/mol. The van der Waals surface area contributed by atoms with E-state index in [1.54, 1.807) is 0 Å². The van der Waals surface area contributed by atoms with Gasteiger partial charge in [-0.3, -0.25) is 9.59 Å². The molecule has 2 aliphatic rings. The third-order valence-corrected chi connectivity index (χ3v) is 4.71. The number of ether oxygens (including phenoxy) is 1. The second kappa shape index (κ2) is 6.61. The van der Waals surface area contributed by atoms with Crippen molar-refractivity contribution in [3.8, 4) is 5.75 Å². The number of nitrogens with zero attached hydrogens (tertiary/aromatic N) is 1. The molecule has 2 aromatic carbocycles. The number of halogens is 3. The second-order valence-corrected chi connectivity index (χ2v) is 6.46. The zero-order chi connectivity index (χ0) is 19.1. The van der Waals surface area contributed by atoms with Gasteiger partial charge < -0.3 is 15.0 Å². The molecule has 8 heteroatoms. The van der Waals surface area contributed by atoms with Gasteiger partial charge in [-0.05, 0) is 35.9 Å². The van der Waals surface area contributed by atoms with Crippen molar-refractivity contribution in [3.05, 3.63) is 58.9 Å². The van der Waals surface area contributed by atoms with Crippen LogP contribution in [0, 0.1) is 17.5 Å². The number of fused-ring (bicyclic) bond motifs is 2. The average molecular weight is 376 g/mol. The molecule has 0 saturated heterocycles. The van der Waals surface area contributed by atoms with Crippen molar-refractivity contribution in [2.24, 2.45) is 0 Å². The van der Waals surface area contributed by atoms with Gasteiger partial charge in [0.2, 0.25) is 11.8 Å². The number of carbonyl (C=O) groups is 2. The van der Waals surface area contributed by atoms with Crippen molar-refractivity contribution in [1.29, 1.82) is 0 Å². The van der Waals surface area contributed by atoms with Crippen LogP contribution in [-0.2, 0) is 16.0 Å². The third-order valence-electron chi connectivity index (χ3n) is 4.71. The van der Waals surface area contributed by atoms with E-state index in [0.717, 1.165) is 12.1 Å². The van der Waals surface area contributed by atoms with E-state index in [9.17, 15) is 22.8 Å². The molecule has 0 unspecified atom stereocenters. The van der Waals surface area contributed by atoms with Gasteiger partial charge in [0.15, 0.2) is 11.6 Å². The summed E-state index contributed by atoms with van der Waals surface area (Å²) in [5.74, 6) is -2.88. The van der Waals surface area contributed by atoms with Crippen LogP contribution in [0.4, 0.5) is 18.9 Å². The zero-order valence-electron chi connectivity index (χ0n) is 14.1. The second-order valence-electron chi connectivity index (χ2n) is 6.46. The van der Waals surface area contributed by atoms with Crippen LogP contribution in [0.25, 0.3) is 0 Å². The fourth-order valence-electron chi connectivity index (χ4n) is 3.50. The minimum absolute atomic E-state index is 0.0142. The number of hydrogen-bond donors (Lipinski definition) is 1. The highest BCUT2D eigenvalue weighted by atomic mass is 19.1. The quantitative estimate of drug-likeness (QED) is 0.896. The molecular weight excluding hydrogens is 361 g/mol. The smallest absolute Gasteiger partial charge is 0.240 e. The van der Waals surface area contributed by atoms with Gasteiger partial charge in [0.25, 0.3) is 0 Å². The van der Waals surface area contributed by atoms with Crippen LogP contribution < -0.4 is 15.0 Å². The molecule has 2 aromatic rings. The summed E-state index contributed by atoms with van der Waals surface area (Å²) in [6, 6.07) is 5.12. The molecule has 2 heterocycles. The first-order valence-corrected chi connectivity index (χ1v) is 8.43. The van der Waals surface area contributed by atoms with E-state index >= 15 is 0 Å². The lowest BCUT2D eigenvalue weighted by Gasteiger charge is -2.28. The van der Waals surface area contributed by atoms with E-state index in [2.05, 4.69) is 5.32 Å². The maximum Gasteiger partial charge on any atom is 0.240 e. The highest BCUT2D eigenvalue weighted by Gasteiger charge is 2.32. The standard InChI is InChI=1S/C19H15F3N2O3/c20-11-1-4-15-10(7-11)8-17(26)24(15)9-16(25)23-14-5-6-27-19-13(22)3-2-12(21)18(14)19/h1-4,7,14H,5-6,8-9H2,(H,23,25)/t14-/m1/s1. The average Bonchev–Trinajstić information content (AvgIpc) is 2.93. The summed E-state index contributed by atoms with van der Waals surface area (Å²) in [4.78, 5) is 25.9. The summed E-state index contributed by atoms with van der Waals surface area (Å²) < 4.78 is 46.5. The first-order valence-electron chi connectivity index (χ1n) is 8.43. The summed E-state index contributed by atoms with van der Waals surface area (Å²) in [6.07, 6.45) is 0.287. The molecule has 4 rings (SSSR count). The summed E-state index contributed by atoms with van der Waals surface area (Å²) in [7, 11) is 0. The number of amides is 2. The van der Waals surface area contributed by atoms with Crippen molar-refractivity contribution in [2.75, 3.05) is 18.1 Å². The van der Waals surface area contributed by atoms with Crippen LogP contribution in [0.3, 0.4) is 0 Å². The molecule has 5 nitrogen and oxygen atoms in total. The van der Waals surface area contributed by atoms with Gasteiger partial charge in [0.05, 0.1) is 24.6 Å². The predicted octanol–water partition coefficient (Wildman–Crippen LogP) is 2.63. The zero-order valence-corrected chi connectivity index (χ0v) is 14.1. The highest BCUT2D eigenvalue weighted by molar-refractivity contribution is 6.05. The van der Waals surface area contributed by atoms with E-state index in [-0.39, 0.29) is 43.2 Å². The van der Waals surface area contributed by atoms with Gasteiger partial charge in [-0.2, -0.15) is 0 Å². The van der Waals surface area contributed by atoms with E-state index in [0.29, 0.717) is 11.3 Å². The number of anilines is 1. The Labute approximate surface area is 152 Å². The number of benzene rings is 2. The molecule has 0 radical (unpaired) electrons. The number of carbonyl (C=O) groups excluding carboxylic acids is 2. The summed E-state index contributed by atoms with van der Waals surface area (Å²) in [5.41, 5.74) is 0.947. The molecule has 140 valence electrons. The minimum Gasteiger partial charge on any atom is -0.490 e. The van der Waals surface area contributed by atoms with Crippen molar-refractivity contribution < 1.29 is 27.5 Å². The van der Waals surface area contributed by atoms with Crippen LogP contribution in [0.15, 0.2) is 30.3 Å². The number of rotatable bonds is 3. The Hall–Kier alpha value is -3.03. The van der Waals surface area contributed by atoms with Crippen LogP contribution in [0.2, 0.25) is 0 Å². The minimum atomic E-state index is -0.762. The summed E-state index contributed by atoms with van der Waals surface area (Å²) in [6.45, 7) is -0.163. The Bertz CT molecular complexity index is 948. The lowest BCUT2D eigenvalue weighted by Crippen LogP contribution is -2.41. The predicted molar refractivity (Wildman–Crippen MR) is 89.8 cm³/mol. The molecule has 0 spiro atoms. The van der Waals surface area contributed by atoms with Crippen molar-refractivity contribution in [2.45, 2.75) is 18.9 Å². The SMILES string of the molecule is O=C(CN1C(=O)Cc2cc(F)ccc21)N[C@@H]1CCOc2c(F)ccc(F)c21. The van der Waals surface area contributed by atoms with E-state index in [4.69, 9.17) is 4.74 Å². The first kappa shape index (κ1) is 17.4. The largest absolute Gasteiger partial charge is 0.490 e. The summed E-state index contributed by atoms with van der Waals surface area (Å²) in [5, 5.41) is 2.64. The molecule has 0 bridgehead atoms. The molecule has 0 fully saturated rings.